The topological polar surface area (TPSA) is 59.6 Å². The van der Waals surface area contributed by atoms with Crippen LogP contribution in [0, 0.1) is 0 Å². The molecular weight excluding hydrogens is 360 g/mol. The van der Waals surface area contributed by atoms with Gasteiger partial charge in [-0.25, -0.2) is 0 Å². The van der Waals surface area contributed by atoms with Crippen LogP contribution >= 0.6 is 11.8 Å². The number of thioether (sulfide) groups is 1. The van der Waals surface area contributed by atoms with Crippen LogP contribution in [0.1, 0.15) is 25.3 Å². The molecule has 0 saturated carbocycles. The van der Waals surface area contributed by atoms with E-state index in [0.29, 0.717) is 25.4 Å². The molecule has 2 aromatic rings. The average molecular weight is 387 g/mol. The number of ether oxygens (including phenoxy) is 2. The first-order valence-corrected chi connectivity index (χ1v) is 10.4. The Hall–Kier alpha value is -2.18. The molecule has 0 aliphatic carbocycles. The number of para-hydroxylation sites is 1. The minimum atomic E-state index is 0.0285. The first-order valence-electron chi connectivity index (χ1n) is 9.37. The van der Waals surface area contributed by atoms with Gasteiger partial charge < -0.3 is 20.1 Å². The van der Waals surface area contributed by atoms with Gasteiger partial charge in [0.05, 0.1) is 13.2 Å². The monoisotopic (exact) mass is 386 g/mol. The highest BCUT2D eigenvalue weighted by Gasteiger charge is 2.11. The summed E-state index contributed by atoms with van der Waals surface area (Å²) in [6.45, 7) is 5.08. The summed E-state index contributed by atoms with van der Waals surface area (Å²) < 4.78 is 11.4. The predicted octanol–water partition coefficient (Wildman–Crippen LogP) is 4.08. The van der Waals surface area contributed by atoms with E-state index in [4.69, 9.17) is 9.47 Å². The number of rotatable bonds is 8. The average Bonchev–Trinajstić information content (AvgIpc) is 2.92. The molecule has 0 saturated heterocycles. The maximum Gasteiger partial charge on any atom is 0.225 e. The first kappa shape index (κ1) is 19.6. The van der Waals surface area contributed by atoms with Crippen LogP contribution in [-0.4, -0.2) is 31.4 Å². The number of amides is 1. The number of anilines is 1. The van der Waals surface area contributed by atoms with E-state index in [-0.39, 0.29) is 5.91 Å². The number of carbonyl (C=O) groups is 1. The summed E-state index contributed by atoms with van der Waals surface area (Å²) in [6.07, 6.45) is 1.35. The third-order valence-corrected chi connectivity index (χ3v) is 5.17. The van der Waals surface area contributed by atoms with Gasteiger partial charge in [-0.3, -0.25) is 4.79 Å². The van der Waals surface area contributed by atoms with Crippen LogP contribution in [-0.2, 0) is 11.3 Å². The number of benzene rings is 2. The minimum absolute atomic E-state index is 0.0285. The second-order valence-electron chi connectivity index (χ2n) is 6.24. The minimum Gasteiger partial charge on any atom is -0.490 e. The first-order chi connectivity index (χ1) is 13.3. The molecule has 3 rings (SSSR count). The van der Waals surface area contributed by atoms with Gasteiger partial charge in [0, 0.05) is 35.7 Å². The standard InChI is InChI=1S/C21H26N2O3S/c1-2-22-15-16-6-3-4-7-18(16)23-21(24)10-13-27-17-8-9-19-20(14-17)26-12-5-11-25-19/h3-4,6-9,14,22H,2,5,10-13,15H2,1H3,(H,23,24). The van der Waals surface area contributed by atoms with Gasteiger partial charge in [0.25, 0.3) is 0 Å². The van der Waals surface area contributed by atoms with Gasteiger partial charge in [-0.15, -0.1) is 11.8 Å². The van der Waals surface area contributed by atoms with Crippen molar-refractivity contribution < 1.29 is 14.3 Å². The Balaban J connectivity index is 1.49. The van der Waals surface area contributed by atoms with Gasteiger partial charge in [-0.1, -0.05) is 25.1 Å². The van der Waals surface area contributed by atoms with Crippen LogP contribution in [0.2, 0.25) is 0 Å². The highest BCUT2D eigenvalue weighted by molar-refractivity contribution is 7.99. The molecule has 1 aliphatic rings. The maximum atomic E-state index is 12.3. The fourth-order valence-electron chi connectivity index (χ4n) is 2.76. The molecule has 0 atom stereocenters. The Kier molecular flexibility index (Phi) is 7.42. The van der Waals surface area contributed by atoms with Gasteiger partial charge in [0.1, 0.15) is 0 Å². The largest absolute Gasteiger partial charge is 0.490 e. The Labute approximate surface area is 164 Å². The molecule has 0 spiro atoms. The zero-order valence-corrected chi connectivity index (χ0v) is 16.4. The van der Waals surface area contributed by atoms with Gasteiger partial charge in [-0.2, -0.15) is 0 Å². The van der Waals surface area contributed by atoms with E-state index in [9.17, 15) is 4.79 Å². The SMILES string of the molecule is CCNCc1ccccc1NC(=O)CCSc1ccc2c(c1)OCCCO2. The Bertz CT molecular complexity index is 767. The van der Waals surface area contributed by atoms with Crippen molar-refractivity contribution in [2.75, 3.05) is 30.8 Å². The summed E-state index contributed by atoms with van der Waals surface area (Å²) in [5.74, 6) is 2.33. The van der Waals surface area contributed by atoms with Crippen molar-refractivity contribution in [1.82, 2.24) is 5.32 Å². The van der Waals surface area contributed by atoms with Crippen LogP contribution in [0.3, 0.4) is 0 Å². The van der Waals surface area contributed by atoms with Gasteiger partial charge >= 0.3 is 0 Å². The molecule has 0 bridgehead atoms. The lowest BCUT2D eigenvalue weighted by molar-refractivity contribution is -0.115. The molecule has 0 unspecified atom stereocenters. The molecule has 5 nitrogen and oxygen atoms in total. The number of fused-ring (bicyclic) bond motifs is 1. The zero-order chi connectivity index (χ0) is 18.9. The fraction of sp³-hybridized carbons (Fsp3) is 0.381. The van der Waals surface area contributed by atoms with Crippen LogP contribution in [0.25, 0.3) is 0 Å². The molecule has 0 radical (unpaired) electrons. The lowest BCUT2D eigenvalue weighted by atomic mass is 10.1. The molecule has 0 fully saturated rings. The molecule has 0 aromatic heterocycles. The molecule has 1 aliphatic heterocycles. The predicted molar refractivity (Wildman–Crippen MR) is 110 cm³/mol. The number of carbonyl (C=O) groups excluding carboxylic acids is 1. The number of nitrogens with one attached hydrogen (secondary N) is 2. The van der Waals surface area contributed by atoms with Crippen LogP contribution < -0.4 is 20.1 Å². The Morgan fingerprint density at radius 3 is 2.78 bits per heavy atom. The molecule has 27 heavy (non-hydrogen) atoms. The van der Waals surface area contributed by atoms with E-state index < -0.39 is 0 Å². The Morgan fingerprint density at radius 2 is 1.93 bits per heavy atom. The zero-order valence-electron chi connectivity index (χ0n) is 15.6. The Morgan fingerprint density at radius 1 is 1.11 bits per heavy atom. The highest BCUT2D eigenvalue weighted by Crippen LogP contribution is 2.34. The van der Waals surface area contributed by atoms with Gasteiger partial charge in [0.2, 0.25) is 5.91 Å². The number of hydrogen-bond donors (Lipinski definition) is 2. The van der Waals surface area contributed by atoms with E-state index in [1.165, 1.54) is 0 Å². The lowest BCUT2D eigenvalue weighted by Crippen LogP contribution is -2.17. The third kappa shape index (κ3) is 5.91. The van der Waals surface area contributed by atoms with Crippen molar-refractivity contribution >= 4 is 23.4 Å². The van der Waals surface area contributed by atoms with Gasteiger partial charge in [0.15, 0.2) is 11.5 Å². The van der Waals surface area contributed by atoms with Crippen LogP contribution in [0.15, 0.2) is 47.4 Å². The van der Waals surface area contributed by atoms with Crippen LogP contribution in [0.4, 0.5) is 5.69 Å². The van der Waals surface area contributed by atoms with E-state index in [1.807, 2.05) is 42.5 Å². The second-order valence-corrected chi connectivity index (χ2v) is 7.41. The molecular formula is C21H26N2O3S. The normalized spacial score (nSPS) is 13.1. The van der Waals surface area contributed by atoms with Gasteiger partial charge in [-0.05, 0) is 36.4 Å². The number of hydrogen-bond acceptors (Lipinski definition) is 5. The highest BCUT2D eigenvalue weighted by atomic mass is 32.2. The molecule has 6 heteroatoms. The summed E-state index contributed by atoms with van der Waals surface area (Å²) in [4.78, 5) is 13.4. The summed E-state index contributed by atoms with van der Waals surface area (Å²) >= 11 is 1.65. The molecule has 2 aromatic carbocycles. The summed E-state index contributed by atoms with van der Waals surface area (Å²) in [6, 6.07) is 13.9. The molecule has 144 valence electrons. The van der Waals surface area contributed by atoms with Crippen molar-refractivity contribution in [2.24, 2.45) is 0 Å². The molecule has 1 heterocycles. The third-order valence-electron chi connectivity index (χ3n) is 4.17. The summed E-state index contributed by atoms with van der Waals surface area (Å²) in [7, 11) is 0. The quantitative estimate of drug-likeness (QED) is 0.670. The van der Waals surface area contributed by atoms with E-state index in [1.54, 1.807) is 11.8 Å². The van der Waals surface area contributed by atoms with Crippen molar-refractivity contribution in [2.45, 2.75) is 31.2 Å². The second kappa shape index (κ2) is 10.2. The van der Waals surface area contributed by atoms with Crippen molar-refractivity contribution in [3.05, 3.63) is 48.0 Å². The van der Waals surface area contributed by atoms with Crippen LogP contribution in [0.5, 0.6) is 11.5 Å². The molecule has 1 amide bonds. The summed E-state index contributed by atoms with van der Waals surface area (Å²) in [5.41, 5.74) is 1.98. The summed E-state index contributed by atoms with van der Waals surface area (Å²) in [5, 5.41) is 6.32. The maximum absolute atomic E-state index is 12.3. The smallest absolute Gasteiger partial charge is 0.225 e. The fourth-order valence-corrected chi connectivity index (χ4v) is 3.64. The molecule has 2 N–H and O–H groups in total. The van der Waals surface area contributed by atoms with E-state index in [2.05, 4.69) is 17.6 Å². The van der Waals surface area contributed by atoms with E-state index >= 15 is 0 Å². The van der Waals surface area contributed by atoms with Crippen molar-refractivity contribution in [3.63, 3.8) is 0 Å². The van der Waals surface area contributed by atoms with Crippen molar-refractivity contribution in [3.8, 4) is 11.5 Å². The van der Waals surface area contributed by atoms with E-state index in [0.717, 1.165) is 47.2 Å². The lowest BCUT2D eigenvalue weighted by Gasteiger charge is -2.12. The van der Waals surface area contributed by atoms with Crippen molar-refractivity contribution in [1.29, 1.82) is 0 Å².